The molecule has 138 valence electrons. The van der Waals surface area contributed by atoms with Crippen molar-refractivity contribution in [2.75, 3.05) is 5.32 Å². The number of hydrogen-bond donors (Lipinski definition) is 2. The molecule has 0 unspecified atom stereocenters. The minimum atomic E-state index is -0.128. The normalized spacial score (nSPS) is 19.0. The van der Waals surface area contributed by atoms with Gasteiger partial charge in [-0.25, -0.2) is 4.98 Å². The maximum Gasteiger partial charge on any atom is 0.253 e. The number of carbonyl (C=O) groups excluding carboxylic acids is 1. The first kappa shape index (κ1) is 17.1. The average molecular weight is 363 g/mol. The highest BCUT2D eigenvalue weighted by Gasteiger charge is 2.29. The summed E-state index contributed by atoms with van der Waals surface area (Å²) in [5, 5.41) is 14.8. The van der Waals surface area contributed by atoms with Crippen LogP contribution in [0.15, 0.2) is 49.1 Å². The number of nitrogens with one attached hydrogen (secondary N) is 2. The summed E-state index contributed by atoms with van der Waals surface area (Å²) in [5.74, 6) is 0.601. The van der Waals surface area contributed by atoms with Gasteiger partial charge in [0.15, 0.2) is 0 Å². The van der Waals surface area contributed by atoms with Gasteiger partial charge in [0, 0.05) is 12.1 Å². The third kappa shape index (κ3) is 3.79. The number of benzene rings is 1. The maximum atomic E-state index is 12.9. The quantitative estimate of drug-likeness (QED) is 0.721. The van der Waals surface area contributed by atoms with E-state index in [1.807, 2.05) is 25.1 Å². The molecule has 1 aromatic carbocycles. The first-order valence-electron chi connectivity index (χ1n) is 9.02. The number of hydrogen-bond acceptors (Lipinski definition) is 6. The highest BCUT2D eigenvalue weighted by molar-refractivity contribution is 5.97. The van der Waals surface area contributed by atoms with E-state index in [1.54, 1.807) is 30.9 Å². The third-order valence-corrected chi connectivity index (χ3v) is 4.73. The Hall–Kier alpha value is -3.29. The lowest BCUT2D eigenvalue weighted by Crippen LogP contribution is -2.43. The molecule has 1 fully saturated rings. The van der Waals surface area contributed by atoms with E-state index in [0.29, 0.717) is 11.3 Å². The van der Waals surface area contributed by atoms with E-state index in [0.717, 1.165) is 30.8 Å². The van der Waals surface area contributed by atoms with Crippen molar-refractivity contribution in [2.24, 2.45) is 0 Å². The highest BCUT2D eigenvalue weighted by atomic mass is 16.1. The van der Waals surface area contributed by atoms with Crippen LogP contribution in [-0.2, 0) is 0 Å². The van der Waals surface area contributed by atoms with Gasteiger partial charge in [0.2, 0.25) is 0 Å². The summed E-state index contributed by atoms with van der Waals surface area (Å²) in [5.41, 5.74) is 2.09. The molecule has 2 heterocycles. The molecule has 0 radical (unpaired) electrons. The van der Waals surface area contributed by atoms with Crippen molar-refractivity contribution in [3.8, 4) is 5.69 Å². The zero-order valence-corrected chi connectivity index (χ0v) is 15.0. The van der Waals surface area contributed by atoms with Crippen molar-refractivity contribution >= 4 is 11.7 Å². The lowest BCUT2D eigenvalue weighted by atomic mass is 10.1. The molecule has 4 rings (SSSR count). The standard InChI is InChI=1S/C19H21N7O/c1-13-11-21-18(12-20-13)24-15-6-4-7-16(15)25-19(27)14-5-2-3-8-17(14)26-22-9-10-23-26/h2-3,5,8-12,15-16H,4,6-7H2,1H3,(H,21,24)(H,25,27)/t15-,16-/m0/s1. The fraction of sp³-hybridized carbons (Fsp3) is 0.316. The summed E-state index contributed by atoms with van der Waals surface area (Å²) in [4.78, 5) is 23.0. The monoisotopic (exact) mass is 363 g/mol. The molecule has 1 aliphatic carbocycles. The van der Waals surface area contributed by atoms with Crippen molar-refractivity contribution in [1.82, 2.24) is 30.3 Å². The number of aromatic nitrogens is 5. The van der Waals surface area contributed by atoms with Crippen LogP contribution in [0.2, 0.25) is 0 Å². The molecule has 27 heavy (non-hydrogen) atoms. The van der Waals surface area contributed by atoms with Gasteiger partial charge in [0.05, 0.1) is 41.7 Å². The lowest BCUT2D eigenvalue weighted by Gasteiger charge is -2.23. The zero-order valence-electron chi connectivity index (χ0n) is 15.0. The van der Waals surface area contributed by atoms with Gasteiger partial charge in [-0.15, -0.1) is 0 Å². The Balaban J connectivity index is 1.48. The largest absolute Gasteiger partial charge is 0.364 e. The summed E-state index contributed by atoms with van der Waals surface area (Å²) in [6, 6.07) is 7.48. The predicted octanol–water partition coefficient (Wildman–Crippen LogP) is 2.13. The van der Waals surface area contributed by atoms with Crippen LogP contribution in [0.3, 0.4) is 0 Å². The van der Waals surface area contributed by atoms with Gasteiger partial charge in [-0.05, 0) is 38.3 Å². The molecular formula is C19H21N7O. The van der Waals surface area contributed by atoms with Gasteiger partial charge in [0.1, 0.15) is 5.82 Å². The number of rotatable bonds is 5. The van der Waals surface area contributed by atoms with E-state index < -0.39 is 0 Å². The molecular weight excluding hydrogens is 342 g/mol. The fourth-order valence-corrected chi connectivity index (χ4v) is 3.39. The fourth-order valence-electron chi connectivity index (χ4n) is 3.39. The Kier molecular flexibility index (Phi) is 4.78. The van der Waals surface area contributed by atoms with Crippen LogP contribution >= 0.6 is 0 Å². The van der Waals surface area contributed by atoms with E-state index in [2.05, 4.69) is 30.8 Å². The van der Waals surface area contributed by atoms with Crippen molar-refractivity contribution < 1.29 is 4.79 Å². The maximum absolute atomic E-state index is 12.9. The number of para-hydroxylation sites is 1. The van der Waals surface area contributed by atoms with Crippen molar-refractivity contribution in [2.45, 2.75) is 38.3 Å². The highest BCUT2D eigenvalue weighted by Crippen LogP contribution is 2.23. The van der Waals surface area contributed by atoms with E-state index in [1.165, 1.54) is 4.80 Å². The number of anilines is 1. The summed E-state index contributed by atoms with van der Waals surface area (Å²) < 4.78 is 0. The second-order valence-corrected chi connectivity index (χ2v) is 6.64. The number of amides is 1. The van der Waals surface area contributed by atoms with Gasteiger partial charge in [-0.3, -0.25) is 9.78 Å². The van der Waals surface area contributed by atoms with Gasteiger partial charge in [-0.2, -0.15) is 15.0 Å². The predicted molar refractivity (Wildman–Crippen MR) is 101 cm³/mol. The van der Waals surface area contributed by atoms with Crippen LogP contribution in [0.1, 0.15) is 35.3 Å². The van der Waals surface area contributed by atoms with E-state index >= 15 is 0 Å². The summed E-state index contributed by atoms with van der Waals surface area (Å²) in [7, 11) is 0. The van der Waals surface area contributed by atoms with E-state index in [-0.39, 0.29) is 18.0 Å². The smallest absolute Gasteiger partial charge is 0.253 e. The van der Waals surface area contributed by atoms with Gasteiger partial charge < -0.3 is 10.6 Å². The SMILES string of the molecule is Cc1cnc(N[C@H]2CCC[C@@H]2NC(=O)c2ccccc2-n2nccn2)cn1. The van der Waals surface area contributed by atoms with Gasteiger partial charge >= 0.3 is 0 Å². The number of carbonyl (C=O) groups is 1. The molecule has 8 nitrogen and oxygen atoms in total. The Morgan fingerprint density at radius 2 is 1.85 bits per heavy atom. The Morgan fingerprint density at radius 1 is 1.07 bits per heavy atom. The molecule has 1 aliphatic rings. The van der Waals surface area contributed by atoms with Crippen LogP contribution in [-0.4, -0.2) is 43.0 Å². The van der Waals surface area contributed by atoms with Gasteiger partial charge in [0.25, 0.3) is 5.91 Å². The molecule has 1 amide bonds. The summed E-state index contributed by atoms with van der Waals surface area (Å²) in [6.07, 6.45) is 9.59. The van der Waals surface area contributed by atoms with Crippen LogP contribution in [0.4, 0.5) is 5.82 Å². The molecule has 1 saturated carbocycles. The molecule has 2 aromatic heterocycles. The van der Waals surface area contributed by atoms with E-state index in [4.69, 9.17) is 0 Å². The number of aryl methyl sites for hydroxylation is 1. The van der Waals surface area contributed by atoms with Crippen molar-refractivity contribution in [3.63, 3.8) is 0 Å². The molecule has 0 bridgehead atoms. The topological polar surface area (TPSA) is 97.6 Å². The van der Waals surface area contributed by atoms with E-state index in [9.17, 15) is 4.79 Å². The summed E-state index contributed by atoms with van der Waals surface area (Å²) in [6.45, 7) is 1.90. The summed E-state index contributed by atoms with van der Waals surface area (Å²) >= 11 is 0. The second kappa shape index (κ2) is 7.53. The first-order chi connectivity index (χ1) is 13.2. The Morgan fingerprint density at radius 3 is 2.63 bits per heavy atom. The van der Waals surface area contributed by atoms with Crippen molar-refractivity contribution in [1.29, 1.82) is 0 Å². The van der Waals surface area contributed by atoms with Crippen LogP contribution in [0.25, 0.3) is 5.69 Å². The van der Waals surface area contributed by atoms with Crippen LogP contribution in [0.5, 0.6) is 0 Å². The average Bonchev–Trinajstić information content (AvgIpc) is 3.36. The van der Waals surface area contributed by atoms with Gasteiger partial charge in [-0.1, -0.05) is 12.1 Å². The minimum absolute atomic E-state index is 0.0271. The Bertz CT molecular complexity index is 908. The molecule has 0 spiro atoms. The van der Waals surface area contributed by atoms with Crippen LogP contribution in [0, 0.1) is 6.92 Å². The number of nitrogens with zero attached hydrogens (tertiary/aromatic N) is 5. The minimum Gasteiger partial charge on any atom is -0.364 e. The lowest BCUT2D eigenvalue weighted by molar-refractivity contribution is 0.0935. The zero-order chi connectivity index (χ0) is 18.6. The first-order valence-corrected chi connectivity index (χ1v) is 9.02. The Labute approximate surface area is 157 Å². The molecule has 2 N–H and O–H groups in total. The third-order valence-electron chi connectivity index (χ3n) is 4.73. The van der Waals surface area contributed by atoms with Crippen molar-refractivity contribution in [3.05, 3.63) is 60.3 Å². The second-order valence-electron chi connectivity index (χ2n) is 6.64. The molecule has 0 aliphatic heterocycles. The van der Waals surface area contributed by atoms with Crippen LogP contribution < -0.4 is 10.6 Å². The molecule has 0 saturated heterocycles. The molecule has 2 atom stereocenters. The molecule has 3 aromatic rings. The molecule has 8 heteroatoms.